The van der Waals surface area contributed by atoms with Crippen LogP contribution in [0.1, 0.15) is 29.5 Å². The van der Waals surface area contributed by atoms with Crippen LogP contribution >= 0.6 is 0 Å². The number of ether oxygens (including phenoxy) is 3. The van der Waals surface area contributed by atoms with Crippen LogP contribution in [0.3, 0.4) is 0 Å². The van der Waals surface area contributed by atoms with Crippen molar-refractivity contribution in [3.8, 4) is 28.4 Å². The summed E-state index contributed by atoms with van der Waals surface area (Å²) in [4.78, 5) is 24.6. The Kier molecular flexibility index (Phi) is 5.40. The Morgan fingerprint density at radius 3 is 2.53 bits per heavy atom. The minimum Gasteiger partial charge on any atom is -0.496 e. The van der Waals surface area contributed by atoms with Gasteiger partial charge in [0.1, 0.15) is 5.75 Å². The van der Waals surface area contributed by atoms with Crippen molar-refractivity contribution in [2.24, 2.45) is 0 Å². The number of carboxylic acids is 1. The number of carbonyl (C=O) groups excluding carboxylic acids is 1. The lowest BCUT2D eigenvalue weighted by Crippen LogP contribution is -2.27. The third-order valence-electron chi connectivity index (χ3n) is 6.51. The van der Waals surface area contributed by atoms with Gasteiger partial charge in [-0.15, -0.1) is 0 Å². The molecule has 1 heterocycles. The second-order valence-corrected chi connectivity index (χ2v) is 8.74. The molecule has 2 N–H and O–H groups in total. The molecule has 3 aromatic carbocycles. The third-order valence-corrected chi connectivity index (χ3v) is 6.51. The Labute approximate surface area is 197 Å². The summed E-state index contributed by atoms with van der Waals surface area (Å²) in [7, 11) is 1.58. The van der Waals surface area contributed by atoms with E-state index in [9.17, 15) is 14.7 Å². The minimum absolute atomic E-state index is 0.0623. The fourth-order valence-electron chi connectivity index (χ4n) is 4.46. The number of methoxy groups -OCH3 is 1. The molecule has 34 heavy (non-hydrogen) atoms. The van der Waals surface area contributed by atoms with Crippen molar-refractivity contribution in [1.29, 1.82) is 0 Å². The molecule has 0 aromatic heterocycles. The van der Waals surface area contributed by atoms with Crippen molar-refractivity contribution in [2.45, 2.75) is 31.6 Å². The molecular formula is C27H25NO6. The van der Waals surface area contributed by atoms with Crippen molar-refractivity contribution < 1.29 is 28.9 Å². The molecule has 7 heteroatoms. The number of aliphatic carboxylic acids is 1. The van der Waals surface area contributed by atoms with E-state index in [-0.39, 0.29) is 19.1 Å². The predicted molar refractivity (Wildman–Crippen MR) is 127 cm³/mol. The summed E-state index contributed by atoms with van der Waals surface area (Å²) in [5, 5.41) is 12.3. The van der Waals surface area contributed by atoms with E-state index in [1.165, 1.54) is 0 Å². The van der Waals surface area contributed by atoms with Crippen LogP contribution in [0, 0.1) is 6.92 Å². The average Bonchev–Trinajstić information content (AvgIpc) is 3.50. The summed E-state index contributed by atoms with van der Waals surface area (Å²) in [5.41, 5.74) is 4.33. The van der Waals surface area contributed by atoms with E-state index in [4.69, 9.17) is 14.2 Å². The van der Waals surface area contributed by atoms with Crippen LogP contribution in [0.2, 0.25) is 0 Å². The first-order chi connectivity index (χ1) is 16.4. The van der Waals surface area contributed by atoms with Crippen LogP contribution in [0.25, 0.3) is 11.1 Å². The lowest BCUT2D eigenvalue weighted by atomic mass is 9.93. The van der Waals surface area contributed by atoms with Gasteiger partial charge in [-0.2, -0.15) is 0 Å². The monoisotopic (exact) mass is 459 g/mol. The number of aryl methyl sites for hydroxylation is 1. The Balaban J connectivity index is 1.44. The molecule has 0 unspecified atom stereocenters. The van der Waals surface area contributed by atoms with Gasteiger partial charge in [0.15, 0.2) is 11.5 Å². The maximum Gasteiger partial charge on any atom is 0.307 e. The Morgan fingerprint density at radius 1 is 1.00 bits per heavy atom. The molecule has 174 valence electrons. The summed E-state index contributed by atoms with van der Waals surface area (Å²) in [6, 6.07) is 16.8. The second kappa shape index (κ2) is 8.41. The van der Waals surface area contributed by atoms with E-state index in [1.54, 1.807) is 19.2 Å². The summed E-state index contributed by atoms with van der Waals surface area (Å²) in [6.07, 6.45) is 1.45. The number of hydrogen-bond donors (Lipinski definition) is 2. The van der Waals surface area contributed by atoms with Crippen LogP contribution in [0.15, 0.2) is 54.6 Å². The number of carboxylic acid groups (broad SMARTS) is 1. The van der Waals surface area contributed by atoms with Gasteiger partial charge < -0.3 is 24.6 Å². The van der Waals surface area contributed by atoms with Gasteiger partial charge >= 0.3 is 5.97 Å². The van der Waals surface area contributed by atoms with Gasteiger partial charge in [-0.25, -0.2) is 0 Å². The standard InChI is InChI=1S/C27H25NO6/c1-16-3-6-19(14-20(16)21-11-17(12-25(29)30)4-7-22(21)32-2)28-26(31)27(9-10-27)18-5-8-23-24(13-18)34-15-33-23/h3-8,11,13-14H,9-10,12,15H2,1-2H3,(H,28,31)(H,29,30). The molecule has 2 aliphatic rings. The zero-order chi connectivity index (χ0) is 23.9. The Bertz CT molecular complexity index is 1290. The fraction of sp³-hybridized carbons (Fsp3) is 0.259. The predicted octanol–water partition coefficient (Wildman–Crippen LogP) is 4.70. The number of anilines is 1. The molecule has 0 atom stereocenters. The number of benzene rings is 3. The van der Waals surface area contributed by atoms with Gasteiger partial charge in [0.05, 0.1) is 18.9 Å². The fourth-order valence-corrected chi connectivity index (χ4v) is 4.46. The molecule has 5 rings (SSSR count). The molecule has 0 saturated heterocycles. The number of amides is 1. The van der Waals surface area contributed by atoms with E-state index < -0.39 is 11.4 Å². The third kappa shape index (κ3) is 3.94. The van der Waals surface area contributed by atoms with E-state index in [2.05, 4.69) is 5.32 Å². The number of carbonyl (C=O) groups is 2. The van der Waals surface area contributed by atoms with Crippen LogP contribution < -0.4 is 19.5 Å². The molecule has 1 aliphatic carbocycles. The van der Waals surface area contributed by atoms with Crippen LogP contribution in [0.5, 0.6) is 17.2 Å². The zero-order valence-corrected chi connectivity index (χ0v) is 19.0. The average molecular weight is 459 g/mol. The smallest absolute Gasteiger partial charge is 0.307 e. The normalized spacial score (nSPS) is 15.0. The van der Waals surface area contributed by atoms with Gasteiger partial charge in [0.2, 0.25) is 12.7 Å². The van der Waals surface area contributed by atoms with Gasteiger partial charge in [-0.05, 0) is 78.4 Å². The van der Waals surface area contributed by atoms with E-state index >= 15 is 0 Å². The van der Waals surface area contributed by atoms with Crippen molar-refractivity contribution in [3.05, 3.63) is 71.3 Å². The van der Waals surface area contributed by atoms with Gasteiger partial charge in [-0.3, -0.25) is 9.59 Å². The van der Waals surface area contributed by atoms with Crippen molar-refractivity contribution in [3.63, 3.8) is 0 Å². The number of nitrogens with one attached hydrogen (secondary N) is 1. The molecule has 1 saturated carbocycles. The molecule has 1 amide bonds. The number of fused-ring (bicyclic) bond motifs is 1. The first-order valence-corrected chi connectivity index (χ1v) is 11.1. The highest BCUT2D eigenvalue weighted by Crippen LogP contribution is 2.51. The van der Waals surface area contributed by atoms with Crippen molar-refractivity contribution in [2.75, 3.05) is 19.2 Å². The van der Waals surface area contributed by atoms with Gasteiger partial charge in [0, 0.05) is 11.3 Å². The first kappa shape index (κ1) is 21.8. The highest BCUT2D eigenvalue weighted by atomic mass is 16.7. The van der Waals surface area contributed by atoms with E-state index in [0.29, 0.717) is 28.5 Å². The molecule has 0 radical (unpaired) electrons. The largest absolute Gasteiger partial charge is 0.496 e. The minimum atomic E-state index is -0.896. The van der Waals surface area contributed by atoms with Crippen LogP contribution in [-0.4, -0.2) is 30.9 Å². The van der Waals surface area contributed by atoms with Gasteiger partial charge in [0.25, 0.3) is 0 Å². The molecule has 3 aromatic rings. The zero-order valence-electron chi connectivity index (χ0n) is 19.0. The SMILES string of the molecule is COc1ccc(CC(=O)O)cc1-c1cc(NC(=O)C2(c3ccc4c(c3)OCO4)CC2)ccc1C. The second-order valence-electron chi connectivity index (χ2n) is 8.74. The Morgan fingerprint density at radius 2 is 1.79 bits per heavy atom. The lowest BCUT2D eigenvalue weighted by Gasteiger charge is -2.18. The van der Waals surface area contributed by atoms with Crippen LogP contribution in [-0.2, 0) is 21.4 Å². The quantitative estimate of drug-likeness (QED) is 0.532. The summed E-state index contributed by atoms with van der Waals surface area (Å²) >= 11 is 0. The molecule has 1 fully saturated rings. The summed E-state index contributed by atoms with van der Waals surface area (Å²) in [5.74, 6) is 1.05. The molecule has 0 bridgehead atoms. The maximum absolute atomic E-state index is 13.4. The highest BCUT2D eigenvalue weighted by Gasteiger charge is 2.51. The first-order valence-electron chi connectivity index (χ1n) is 11.1. The Hall–Kier alpha value is -4.00. The highest BCUT2D eigenvalue weighted by molar-refractivity contribution is 6.02. The van der Waals surface area contributed by atoms with E-state index in [0.717, 1.165) is 35.1 Å². The van der Waals surface area contributed by atoms with Crippen molar-refractivity contribution >= 4 is 17.6 Å². The topological polar surface area (TPSA) is 94.1 Å². The maximum atomic E-state index is 13.4. The molecule has 0 spiro atoms. The van der Waals surface area contributed by atoms with Crippen LogP contribution in [0.4, 0.5) is 5.69 Å². The summed E-state index contributed by atoms with van der Waals surface area (Å²) < 4.78 is 16.4. The number of hydrogen-bond acceptors (Lipinski definition) is 5. The van der Waals surface area contributed by atoms with E-state index in [1.807, 2.05) is 49.4 Å². The number of rotatable bonds is 7. The molecule has 1 aliphatic heterocycles. The molecular weight excluding hydrogens is 434 g/mol. The summed E-state index contributed by atoms with van der Waals surface area (Å²) in [6.45, 7) is 2.17. The van der Waals surface area contributed by atoms with Crippen molar-refractivity contribution in [1.82, 2.24) is 0 Å². The molecule has 7 nitrogen and oxygen atoms in total. The van der Waals surface area contributed by atoms with Gasteiger partial charge in [-0.1, -0.05) is 18.2 Å². The lowest BCUT2D eigenvalue weighted by molar-refractivity contribution is -0.136.